The standard InChI is InChI=1S/C13H18N2O4/c1-8(13(17)18)7-15(11-3-4-11)12(16)6-10-5-9(2)19-14-10/h5,8,11H,3-4,6-7H2,1-2H3,(H,17,18)/t8-/m0/s1. The van der Waals surface area contributed by atoms with E-state index in [9.17, 15) is 9.59 Å². The van der Waals surface area contributed by atoms with Gasteiger partial charge in [-0.3, -0.25) is 9.59 Å². The van der Waals surface area contributed by atoms with Crippen LogP contribution in [0.25, 0.3) is 0 Å². The topological polar surface area (TPSA) is 83.6 Å². The Labute approximate surface area is 111 Å². The molecule has 6 heteroatoms. The molecule has 1 aromatic rings. The Kier molecular flexibility index (Phi) is 3.87. The molecule has 0 radical (unpaired) electrons. The average molecular weight is 266 g/mol. The summed E-state index contributed by atoms with van der Waals surface area (Å²) in [5, 5.41) is 12.7. The molecule has 1 saturated carbocycles. The van der Waals surface area contributed by atoms with Crippen molar-refractivity contribution in [3.05, 3.63) is 17.5 Å². The van der Waals surface area contributed by atoms with Gasteiger partial charge in [0.25, 0.3) is 0 Å². The summed E-state index contributed by atoms with van der Waals surface area (Å²) in [6.45, 7) is 3.65. The Morgan fingerprint density at radius 3 is 2.74 bits per heavy atom. The molecule has 1 fully saturated rings. The summed E-state index contributed by atoms with van der Waals surface area (Å²) in [6.07, 6.45) is 2.08. The Balaban J connectivity index is 1.98. The lowest BCUT2D eigenvalue weighted by Crippen LogP contribution is -2.39. The van der Waals surface area contributed by atoms with E-state index >= 15 is 0 Å². The third kappa shape index (κ3) is 3.56. The van der Waals surface area contributed by atoms with Crippen LogP contribution in [0.3, 0.4) is 0 Å². The first-order chi connectivity index (χ1) is 8.97. The molecule has 1 N–H and O–H groups in total. The SMILES string of the molecule is Cc1cc(CC(=O)N(C[C@H](C)C(=O)O)C2CC2)no1. The molecule has 104 valence electrons. The quantitative estimate of drug-likeness (QED) is 0.837. The molecule has 1 aromatic heterocycles. The second-order valence-corrected chi connectivity index (χ2v) is 5.12. The highest BCUT2D eigenvalue weighted by Crippen LogP contribution is 2.28. The number of rotatable bonds is 6. The van der Waals surface area contributed by atoms with Crippen molar-refractivity contribution in [3.63, 3.8) is 0 Å². The largest absolute Gasteiger partial charge is 0.481 e. The van der Waals surface area contributed by atoms with Crippen LogP contribution in [0.4, 0.5) is 0 Å². The molecule has 0 unspecified atom stereocenters. The first-order valence-electron chi connectivity index (χ1n) is 6.42. The van der Waals surface area contributed by atoms with E-state index in [1.807, 2.05) is 0 Å². The van der Waals surface area contributed by atoms with Gasteiger partial charge in [-0.2, -0.15) is 0 Å². The van der Waals surface area contributed by atoms with E-state index in [1.165, 1.54) is 0 Å². The molecule has 0 saturated heterocycles. The van der Waals surface area contributed by atoms with E-state index in [2.05, 4.69) is 5.16 Å². The van der Waals surface area contributed by atoms with Gasteiger partial charge < -0.3 is 14.5 Å². The second-order valence-electron chi connectivity index (χ2n) is 5.12. The van der Waals surface area contributed by atoms with E-state index in [0.29, 0.717) is 11.5 Å². The number of carboxylic acids is 1. The Morgan fingerprint density at radius 1 is 1.58 bits per heavy atom. The molecule has 1 aliphatic carbocycles. The number of aryl methyl sites for hydroxylation is 1. The van der Waals surface area contributed by atoms with Gasteiger partial charge in [0.05, 0.1) is 18.0 Å². The molecule has 1 aliphatic rings. The number of amides is 1. The molecule has 6 nitrogen and oxygen atoms in total. The first-order valence-corrected chi connectivity index (χ1v) is 6.42. The summed E-state index contributed by atoms with van der Waals surface area (Å²) in [6, 6.07) is 1.92. The first kappa shape index (κ1) is 13.6. The number of carbonyl (C=O) groups excluding carboxylic acids is 1. The molecule has 0 bridgehead atoms. The van der Waals surface area contributed by atoms with Crippen molar-refractivity contribution < 1.29 is 19.2 Å². The maximum Gasteiger partial charge on any atom is 0.308 e. The van der Waals surface area contributed by atoms with Crippen LogP contribution in [0.5, 0.6) is 0 Å². The number of carboxylic acid groups (broad SMARTS) is 1. The predicted octanol–water partition coefficient (Wildman–Crippen LogP) is 1.24. The van der Waals surface area contributed by atoms with Gasteiger partial charge in [-0.15, -0.1) is 0 Å². The van der Waals surface area contributed by atoms with Crippen LogP contribution >= 0.6 is 0 Å². The van der Waals surface area contributed by atoms with Crippen LogP contribution in [0, 0.1) is 12.8 Å². The van der Waals surface area contributed by atoms with Crippen molar-refractivity contribution in [2.75, 3.05) is 6.54 Å². The smallest absolute Gasteiger partial charge is 0.308 e. The van der Waals surface area contributed by atoms with Crippen molar-refractivity contribution >= 4 is 11.9 Å². The van der Waals surface area contributed by atoms with Gasteiger partial charge in [0.1, 0.15) is 5.76 Å². The van der Waals surface area contributed by atoms with E-state index in [-0.39, 0.29) is 24.9 Å². The van der Waals surface area contributed by atoms with Crippen LogP contribution in [0.15, 0.2) is 10.6 Å². The Bertz CT molecular complexity index is 479. The van der Waals surface area contributed by atoms with Crippen LogP contribution < -0.4 is 0 Å². The highest BCUT2D eigenvalue weighted by molar-refractivity contribution is 5.80. The highest BCUT2D eigenvalue weighted by atomic mass is 16.5. The second kappa shape index (κ2) is 5.42. The zero-order chi connectivity index (χ0) is 14.0. The van der Waals surface area contributed by atoms with Crippen LogP contribution in [-0.2, 0) is 16.0 Å². The van der Waals surface area contributed by atoms with Crippen molar-refractivity contribution in [1.29, 1.82) is 0 Å². The van der Waals surface area contributed by atoms with E-state index < -0.39 is 11.9 Å². The minimum absolute atomic E-state index is 0.0797. The molecule has 0 spiro atoms. The molecule has 19 heavy (non-hydrogen) atoms. The highest BCUT2D eigenvalue weighted by Gasteiger charge is 2.34. The van der Waals surface area contributed by atoms with Gasteiger partial charge >= 0.3 is 5.97 Å². The fraction of sp³-hybridized carbons (Fsp3) is 0.615. The van der Waals surface area contributed by atoms with Crippen molar-refractivity contribution in [1.82, 2.24) is 10.1 Å². The average Bonchev–Trinajstić information content (AvgIpc) is 3.10. The lowest BCUT2D eigenvalue weighted by molar-refractivity contribution is -0.143. The molecule has 0 aromatic carbocycles. The van der Waals surface area contributed by atoms with E-state index in [0.717, 1.165) is 12.8 Å². The maximum atomic E-state index is 12.2. The van der Waals surface area contributed by atoms with Crippen molar-refractivity contribution in [2.45, 2.75) is 39.2 Å². The maximum absolute atomic E-state index is 12.2. The summed E-state index contributed by atoms with van der Waals surface area (Å²) < 4.78 is 4.93. The number of aliphatic carboxylic acids is 1. The fourth-order valence-corrected chi connectivity index (χ4v) is 1.97. The van der Waals surface area contributed by atoms with Crippen molar-refractivity contribution in [2.24, 2.45) is 5.92 Å². The van der Waals surface area contributed by atoms with Gasteiger partial charge in [0.15, 0.2) is 0 Å². The normalized spacial score (nSPS) is 16.1. The third-order valence-corrected chi connectivity index (χ3v) is 3.21. The molecule has 2 rings (SSSR count). The summed E-state index contributed by atoms with van der Waals surface area (Å²) in [4.78, 5) is 24.8. The van der Waals surface area contributed by atoms with Crippen LogP contribution in [0.2, 0.25) is 0 Å². The van der Waals surface area contributed by atoms with Crippen LogP contribution in [0.1, 0.15) is 31.2 Å². The zero-order valence-corrected chi connectivity index (χ0v) is 11.1. The minimum Gasteiger partial charge on any atom is -0.481 e. The van der Waals surface area contributed by atoms with Gasteiger partial charge in [0, 0.05) is 18.7 Å². The lowest BCUT2D eigenvalue weighted by Gasteiger charge is -2.24. The number of nitrogens with zero attached hydrogens (tertiary/aromatic N) is 2. The molecular weight excluding hydrogens is 248 g/mol. The molecule has 0 aliphatic heterocycles. The van der Waals surface area contributed by atoms with Gasteiger partial charge in [-0.05, 0) is 19.8 Å². The summed E-state index contributed by atoms with van der Waals surface area (Å²) >= 11 is 0. The summed E-state index contributed by atoms with van der Waals surface area (Å²) in [5.41, 5.74) is 0.594. The lowest BCUT2D eigenvalue weighted by atomic mass is 10.1. The molecule has 1 heterocycles. The molecule has 1 atom stereocenters. The zero-order valence-electron chi connectivity index (χ0n) is 11.1. The Hall–Kier alpha value is -1.85. The van der Waals surface area contributed by atoms with E-state index in [1.54, 1.807) is 24.8 Å². The number of hydrogen-bond donors (Lipinski definition) is 1. The monoisotopic (exact) mass is 266 g/mol. The third-order valence-electron chi connectivity index (χ3n) is 3.21. The molecular formula is C13H18N2O4. The van der Waals surface area contributed by atoms with Crippen molar-refractivity contribution in [3.8, 4) is 0 Å². The van der Waals surface area contributed by atoms with Gasteiger partial charge in [-0.1, -0.05) is 12.1 Å². The van der Waals surface area contributed by atoms with Gasteiger partial charge in [-0.25, -0.2) is 0 Å². The van der Waals surface area contributed by atoms with E-state index in [4.69, 9.17) is 9.63 Å². The predicted molar refractivity (Wildman–Crippen MR) is 66.5 cm³/mol. The number of hydrogen-bond acceptors (Lipinski definition) is 4. The summed E-state index contributed by atoms with van der Waals surface area (Å²) in [7, 11) is 0. The summed E-state index contributed by atoms with van der Waals surface area (Å²) in [5.74, 6) is -0.845. The van der Waals surface area contributed by atoms with Gasteiger partial charge in [0.2, 0.25) is 5.91 Å². The fourth-order valence-electron chi connectivity index (χ4n) is 1.97. The molecule has 1 amide bonds. The number of carbonyl (C=O) groups is 2. The number of aromatic nitrogens is 1. The Morgan fingerprint density at radius 2 is 2.26 bits per heavy atom. The van der Waals surface area contributed by atoms with Crippen LogP contribution in [-0.4, -0.2) is 39.6 Å². The minimum atomic E-state index is -0.879.